The number of aromatic hydroxyl groups is 1. The highest BCUT2D eigenvalue weighted by Crippen LogP contribution is 2.29. The van der Waals surface area contributed by atoms with Gasteiger partial charge in [0.05, 0.1) is 22.8 Å². The third-order valence-electron chi connectivity index (χ3n) is 5.93. The maximum Gasteiger partial charge on any atom is 0.264 e. The first-order valence-corrected chi connectivity index (χ1v) is 12.9. The molecular formula is C30H24N2O3S. The third-order valence-corrected chi connectivity index (χ3v) is 7.72. The highest BCUT2D eigenvalue weighted by atomic mass is 32.2. The molecule has 5 aromatic rings. The minimum Gasteiger partial charge on any atom is -0.507 e. The largest absolute Gasteiger partial charge is 0.507 e. The molecule has 0 aromatic heterocycles. The fourth-order valence-corrected chi connectivity index (χ4v) is 5.52. The van der Waals surface area contributed by atoms with E-state index in [4.69, 9.17) is 0 Å². The standard InChI is InChI=1S/C30H24N2O3S/c33-30-20-15-24-11-7-8-14-28(24)29(30)21-31-25-16-18-26(19-17-25)32(22-23-9-3-1-4-10-23)36(34,35)27-12-5-2-6-13-27/h1-21,33H,22H2. The molecule has 0 unspecified atom stereocenters. The van der Waals surface area contributed by atoms with Gasteiger partial charge in [-0.15, -0.1) is 0 Å². The Morgan fingerprint density at radius 1 is 0.722 bits per heavy atom. The van der Waals surface area contributed by atoms with Crippen molar-refractivity contribution in [3.63, 3.8) is 0 Å². The average Bonchev–Trinajstić information content (AvgIpc) is 2.92. The fraction of sp³-hybridized carbons (Fsp3) is 0.0333. The van der Waals surface area contributed by atoms with Gasteiger partial charge in [0.15, 0.2) is 0 Å². The van der Waals surface area contributed by atoms with Gasteiger partial charge < -0.3 is 5.11 Å². The molecule has 5 rings (SSSR count). The quantitative estimate of drug-likeness (QED) is 0.257. The maximum absolute atomic E-state index is 13.6. The van der Waals surface area contributed by atoms with Crippen molar-refractivity contribution in [2.24, 2.45) is 4.99 Å². The molecule has 0 saturated carbocycles. The number of aliphatic imine (C=N–C) groups is 1. The highest BCUT2D eigenvalue weighted by molar-refractivity contribution is 7.92. The van der Waals surface area contributed by atoms with Crippen molar-refractivity contribution in [1.82, 2.24) is 0 Å². The molecule has 0 aliphatic heterocycles. The molecule has 0 spiro atoms. The molecule has 0 bridgehead atoms. The molecular weight excluding hydrogens is 468 g/mol. The molecule has 178 valence electrons. The van der Waals surface area contributed by atoms with Crippen molar-refractivity contribution >= 4 is 38.4 Å². The van der Waals surface area contributed by atoms with Gasteiger partial charge >= 0.3 is 0 Å². The van der Waals surface area contributed by atoms with Gasteiger partial charge in [0.2, 0.25) is 0 Å². The van der Waals surface area contributed by atoms with E-state index in [1.807, 2.05) is 60.7 Å². The van der Waals surface area contributed by atoms with Crippen LogP contribution in [0.25, 0.3) is 10.8 Å². The van der Waals surface area contributed by atoms with E-state index in [1.54, 1.807) is 66.9 Å². The number of rotatable bonds is 7. The number of hydrogen-bond donors (Lipinski definition) is 1. The average molecular weight is 493 g/mol. The van der Waals surface area contributed by atoms with Crippen molar-refractivity contribution in [1.29, 1.82) is 0 Å². The molecule has 0 aliphatic rings. The van der Waals surface area contributed by atoms with Gasteiger partial charge in [0.1, 0.15) is 5.75 Å². The summed E-state index contributed by atoms with van der Waals surface area (Å²) >= 11 is 0. The number of phenolic OH excluding ortho intramolecular Hbond substituents is 1. The SMILES string of the molecule is O=S(=O)(c1ccccc1)N(Cc1ccccc1)c1ccc(N=Cc2c(O)ccc3ccccc23)cc1. The molecule has 36 heavy (non-hydrogen) atoms. The lowest BCUT2D eigenvalue weighted by Crippen LogP contribution is -2.30. The number of hydrogen-bond acceptors (Lipinski definition) is 4. The van der Waals surface area contributed by atoms with Gasteiger partial charge in [-0.2, -0.15) is 0 Å². The first-order valence-electron chi connectivity index (χ1n) is 11.5. The molecule has 0 atom stereocenters. The van der Waals surface area contributed by atoms with E-state index in [1.165, 1.54) is 4.31 Å². The van der Waals surface area contributed by atoms with E-state index in [9.17, 15) is 13.5 Å². The van der Waals surface area contributed by atoms with Gasteiger partial charge in [-0.1, -0.05) is 78.9 Å². The fourth-order valence-electron chi connectivity index (χ4n) is 4.05. The van der Waals surface area contributed by atoms with E-state index >= 15 is 0 Å². The minimum atomic E-state index is -3.79. The summed E-state index contributed by atoms with van der Waals surface area (Å²) in [5, 5.41) is 12.3. The van der Waals surface area contributed by atoms with E-state index < -0.39 is 10.0 Å². The smallest absolute Gasteiger partial charge is 0.264 e. The summed E-state index contributed by atoms with van der Waals surface area (Å²) in [7, 11) is -3.79. The monoisotopic (exact) mass is 492 g/mol. The van der Waals surface area contributed by atoms with Crippen LogP contribution in [0.15, 0.2) is 131 Å². The Kier molecular flexibility index (Phi) is 6.52. The van der Waals surface area contributed by atoms with E-state index in [2.05, 4.69) is 4.99 Å². The normalized spacial score (nSPS) is 11.7. The molecule has 0 amide bonds. The summed E-state index contributed by atoms with van der Waals surface area (Å²) in [5.41, 5.74) is 2.69. The van der Waals surface area contributed by atoms with Gasteiger partial charge in [-0.25, -0.2) is 8.42 Å². The van der Waals surface area contributed by atoms with Gasteiger partial charge in [0, 0.05) is 11.8 Å². The topological polar surface area (TPSA) is 70.0 Å². The van der Waals surface area contributed by atoms with Crippen LogP contribution >= 0.6 is 0 Å². The first kappa shape index (κ1) is 23.3. The highest BCUT2D eigenvalue weighted by Gasteiger charge is 2.25. The lowest BCUT2D eigenvalue weighted by molar-refractivity contribution is 0.475. The number of phenols is 1. The molecule has 5 aromatic carbocycles. The summed E-state index contributed by atoms with van der Waals surface area (Å²) in [5.74, 6) is 0.150. The number of anilines is 1. The molecule has 0 aliphatic carbocycles. The zero-order valence-corrected chi connectivity index (χ0v) is 20.2. The predicted octanol–water partition coefficient (Wildman–Crippen LogP) is 6.69. The van der Waals surface area contributed by atoms with Gasteiger partial charge in [0.25, 0.3) is 10.0 Å². The van der Waals surface area contributed by atoms with Crippen LogP contribution in [0.2, 0.25) is 0 Å². The second kappa shape index (κ2) is 10.1. The van der Waals surface area contributed by atoms with Crippen LogP contribution in [-0.4, -0.2) is 19.7 Å². The van der Waals surface area contributed by atoms with Crippen molar-refractivity contribution < 1.29 is 13.5 Å². The maximum atomic E-state index is 13.6. The zero-order valence-electron chi connectivity index (χ0n) is 19.4. The summed E-state index contributed by atoms with van der Waals surface area (Å²) in [6.07, 6.45) is 1.63. The van der Waals surface area contributed by atoms with Crippen molar-refractivity contribution in [3.8, 4) is 5.75 Å². The second-order valence-corrected chi connectivity index (χ2v) is 10.2. The third kappa shape index (κ3) is 4.85. The Balaban J connectivity index is 1.48. The van der Waals surface area contributed by atoms with E-state index in [0.717, 1.165) is 16.3 Å². The molecule has 0 fully saturated rings. The molecule has 0 heterocycles. The van der Waals surface area contributed by atoms with E-state index in [0.29, 0.717) is 16.9 Å². The van der Waals surface area contributed by atoms with Crippen LogP contribution in [0.4, 0.5) is 11.4 Å². The van der Waals surface area contributed by atoms with E-state index in [-0.39, 0.29) is 17.2 Å². The van der Waals surface area contributed by atoms with Crippen LogP contribution in [-0.2, 0) is 16.6 Å². The van der Waals surface area contributed by atoms with Crippen molar-refractivity contribution in [3.05, 3.63) is 132 Å². The zero-order chi connectivity index (χ0) is 25.0. The first-order chi connectivity index (χ1) is 17.5. The summed E-state index contributed by atoms with van der Waals surface area (Å²) in [6, 6.07) is 36.3. The van der Waals surface area contributed by atoms with Crippen LogP contribution in [0.5, 0.6) is 5.75 Å². The molecule has 0 saturated heterocycles. The van der Waals surface area contributed by atoms with Gasteiger partial charge in [-0.05, 0) is 58.8 Å². The lowest BCUT2D eigenvalue weighted by atomic mass is 10.0. The number of benzene rings is 5. The molecule has 5 nitrogen and oxygen atoms in total. The van der Waals surface area contributed by atoms with Crippen LogP contribution in [0.1, 0.15) is 11.1 Å². The Morgan fingerprint density at radius 2 is 1.36 bits per heavy atom. The Labute approximate surface area is 210 Å². The number of sulfonamides is 1. The molecule has 0 radical (unpaired) electrons. The lowest BCUT2D eigenvalue weighted by Gasteiger charge is -2.25. The molecule has 6 heteroatoms. The second-order valence-electron chi connectivity index (χ2n) is 8.30. The summed E-state index contributed by atoms with van der Waals surface area (Å²) in [4.78, 5) is 4.77. The molecule has 1 N–H and O–H groups in total. The van der Waals surface area contributed by atoms with Crippen molar-refractivity contribution in [2.75, 3.05) is 4.31 Å². The number of nitrogens with zero attached hydrogens (tertiary/aromatic N) is 2. The van der Waals surface area contributed by atoms with Crippen LogP contribution in [0.3, 0.4) is 0 Å². The Bertz CT molecular complexity index is 1620. The van der Waals surface area contributed by atoms with Crippen LogP contribution < -0.4 is 4.31 Å². The number of fused-ring (bicyclic) bond motifs is 1. The predicted molar refractivity (Wildman–Crippen MR) is 146 cm³/mol. The Hall–Kier alpha value is -4.42. The van der Waals surface area contributed by atoms with Crippen LogP contribution in [0, 0.1) is 0 Å². The van der Waals surface area contributed by atoms with Crippen molar-refractivity contribution in [2.45, 2.75) is 11.4 Å². The van der Waals surface area contributed by atoms with Gasteiger partial charge in [-0.3, -0.25) is 9.30 Å². The summed E-state index contributed by atoms with van der Waals surface area (Å²) < 4.78 is 28.5. The Morgan fingerprint density at radius 3 is 2.08 bits per heavy atom. The minimum absolute atomic E-state index is 0.150. The summed E-state index contributed by atoms with van der Waals surface area (Å²) in [6.45, 7) is 0.199.